The maximum Gasteiger partial charge on any atom is 0.255 e. The first-order valence-electron chi connectivity index (χ1n) is 11.7. The van der Waals surface area contributed by atoms with Gasteiger partial charge in [0.2, 0.25) is 34.8 Å². The molecule has 212 valence electrons. The number of halogens is 7. The van der Waals surface area contributed by atoms with Crippen molar-refractivity contribution in [2.75, 3.05) is 7.11 Å². The van der Waals surface area contributed by atoms with E-state index in [0.29, 0.717) is 23.0 Å². The van der Waals surface area contributed by atoms with Crippen molar-refractivity contribution in [2.24, 2.45) is 0 Å². The normalized spacial score (nSPS) is 11.0. The molecule has 0 spiro atoms. The van der Waals surface area contributed by atoms with Crippen LogP contribution in [-0.4, -0.2) is 11.7 Å². The average Bonchev–Trinajstić information content (AvgIpc) is 2.99. The molecular weight excluding hydrogens is 606 g/mol. The predicted octanol–water partition coefficient (Wildman–Crippen LogP) is 8.11. The van der Waals surface area contributed by atoms with Crippen LogP contribution >= 0.6 is 23.6 Å². The minimum Gasteiger partial charge on any atom is -0.495 e. The Kier molecular flexibility index (Phi) is 7.81. The van der Waals surface area contributed by atoms with Gasteiger partial charge in [-0.05, 0) is 48.0 Å². The van der Waals surface area contributed by atoms with Gasteiger partial charge in [-0.25, -0.2) is 17.6 Å². The van der Waals surface area contributed by atoms with E-state index in [1.54, 1.807) is 0 Å². The summed E-state index contributed by atoms with van der Waals surface area (Å²) < 4.78 is 95.2. The molecule has 0 unspecified atom stereocenters. The molecule has 5 aromatic rings. The Labute approximate surface area is 242 Å². The second-order valence-electron chi connectivity index (χ2n) is 8.60. The molecule has 0 atom stereocenters. The number of rotatable bonds is 6. The first-order chi connectivity index (χ1) is 20.0. The van der Waals surface area contributed by atoms with Gasteiger partial charge in [-0.15, -0.1) is 0 Å². The number of aromatic nitrogens is 1. The van der Waals surface area contributed by atoms with E-state index >= 15 is 4.39 Å². The summed E-state index contributed by atoms with van der Waals surface area (Å²) in [5, 5.41) is 9.85. The number of benzene rings is 4. The standard InChI is InChI=1S/C29H13ClF6N2O3S/c1-40-22-10-17(13-2-5-18(30)15(8-13)12-37)19(31)11-21(22)38-20-6-4-16(9-14(20)3-7-23(38)39)42-41-29-27(35)25(33)24(32)26(34)28(29)36/h2-11H,1H3. The number of hydrogen-bond donors (Lipinski definition) is 0. The lowest BCUT2D eigenvalue weighted by atomic mass is 10.0. The minimum atomic E-state index is -2.31. The van der Waals surface area contributed by atoms with Gasteiger partial charge >= 0.3 is 0 Å². The molecule has 0 aliphatic rings. The molecule has 0 aliphatic heterocycles. The first kappa shape index (κ1) is 28.9. The lowest BCUT2D eigenvalue weighted by molar-refractivity contribution is 0.355. The summed E-state index contributed by atoms with van der Waals surface area (Å²) in [7, 11) is 1.32. The highest BCUT2D eigenvalue weighted by Crippen LogP contribution is 2.36. The van der Waals surface area contributed by atoms with Crippen molar-refractivity contribution < 1.29 is 35.3 Å². The fraction of sp³-hybridized carbons (Fsp3) is 0.0345. The maximum absolute atomic E-state index is 15.4. The van der Waals surface area contributed by atoms with E-state index in [4.69, 9.17) is 20.5 Å². The highest BCUT2D eigenvalue weighted by atomic mass is 35.5. The van der Waals surface area contributed by atoms with Gasteiger partial charge in [-0.2, -0.15) is 14.0 Å². The van der Waals surface area contributed by atoms with Crippen LogP contribution in [0.1, 0.15) is 5.56 Å². The van der Waals surface area contributed by atoms with Gasteiger partial charge in [-0.1, -0.05) is 17.7 Å². The van der Waals surface area contributed by atoms with E-state index in [1.165, 1.54) is 66.3 Å². The third-order valence-corrected chi connectivity index (χ3v) is 7.19. The van der Waals surface area contributed by atoms with Gasteiger partial charge in [0.25, 0.3) is 5.56 Å². The van der Waals surface area contributed by atoms with Crippen molar-refractivity contribution >= 4 is 34.5 Å². The van der Waals surface area contributed by atoms with Crippen molar-refractivity contribution in [3.63, 3.8) is 0 Å². The molecule has 0 saturated carbocycles. The monoisotopic (exact) mass is 618 g/mol. The third kappa shape index (κ3) is 5.01. The molecule has 0 bridgehead atoms. The fourth-order valence-electron chi connectivity index (χ4n) is 4.15. The Morgan fingerprint density at radius 1 is 0.857 bits per heavy atom. The lowest BCUT2D eigenvalue weighted by Gasteiger charge is -2.16. The van der Waals surface area contributed by atoms with Gasteiger partial charge < -0.3 is 8.92 Å². The molecule has 0 aliphatic carbocycles. The largest absolute Gasteiger partial charge is 0.495 e. The second-order valence-corrected chi connectivity index (χ2v) is 9.82. The second kappa shape index (κ2) is 11.3. The number of nitriles is 1. The molecule has 0 saturated heterocycles. The highest BCUT2D eigenvalue weighted by Gasteiger charge is 2.27. The first-order valence-corrected chi connectivity index (χ1v) is 12.8. The van der Waals surface area contributed by atoms with Crippen LogP contribution in [0.3, 0.4) is 0 Å². The van der Waals surface area contributed by atoms with E-state index in [1.807, 2.05) is 6.07 Å². The zero-order valence-electron chi connectivity index (χ0n) is 20.9. The molecule has 0 fully saturated rings. The van der Waals surface area contributed by atoms with Crippen LogP contribution in [-0.2, 0) is 0 Å². The van der Waals surface area contributed by atoms with E-state index in [9.17, 15) is 32.0 Å². The number of ether oxygens (including phenoxy) is 1. The van der Waals surface area contributed by atoms with Crippen LogP contribution in [0.4, 0.5) is 26.3 Å². The Morgan fingerprint density at radius 3 is 2.21 bits per heavy atom. The van der Waals surface area contributed by atoms with Crippen molar-refractivity contribution in [3.8, 4) is 34.4 Å². The van der Waals surface area contributed by atoms with E-state index in [-0.39, 0.29) is 38.0 Å². The third-order valence-electron chi connectivity index (χ3n) is 6.16. The smallest absolute Gasteiger partial charge is 0.255 e. The molecule has 13 heteroatoms. The number of hydrogen-bond acceptors (Lipinski definition) is 5. The Balaban J connectivity index is 1.55. The Bertz CT molecular complexity index is 1980. The minimum absolute atomic E-state index is 0.0434. The van der Waals surface area contributed by atoms with Crippen LogP contribution in [0.15, 0.2) is 70.4 Å². The molecule has 5 nitrogen and oxygen atoms in total. The average molecular weight is 619 g/mol. The van der Waals surface area contributed by atoms with Crippen molar-refractivity contribution in [2.45, 2.75) is 4.90 Å². The summed E-state index contributed by atoms with van der Waals surface area (Å²) in [5.74, 6) is -13.0. The summed E-state index contributed by atoms with van der Waals surface area (Å²) in [6.07, 6.45) is 0. The number of pyridine rings is 1. The van der Waals surface area contributed by atoms with E-state index in [0.717, 1.165) is 6.07 Å². The summed E-state index contributed by atoms with van der Waals surface area (Å²) in [5.41, 5.74) is 0.331. The summed E-state index contributed by atoms with van der Waals surface area (Å²) >= 11 is 6.31. The molecule has 5 rings (SSSR count). The fourth-order valence-corrected chi connectivity index (χ4v) is 4.94. The lowest BCUT2D eigenvalue weighted by Crippen LogP contribution is -2.18. The van der Waals surface area contributed by atoms with E-state index in [2.05, 4.69) is 0 Å². The highest BCUT2D eigenvalue weighted by molar-refractivity contribution is 7.95. The zero-order valence-corrected chi connectivity index (χ0v) is 22.5. The van der Waals surface area contributed by atoms with Gasteiger partial charge in [0, 0.05) is 28.0 Å². The summed E-state index contributed by atoms with van der Waals surface area (Å²) in [4.78, 5) is 13.2. The molecule has 0 N–H and O–H groups in total. The van der Waals surface area contributed by atoms with Crippen LogP contribution in [0.5, 0.6) is 11.5 Å². The molecule has 1 aromatic heterocycles. The van der Waals surface area contributed by atoms with Gasteiger partial charge in [0.1, 0.15) is 17.6 Å². The number of methoxy groups -OCH3 is 1. The van der Waals surface area contributed by atoms with E-state index < -0.39 is 46.2 Å². The molecule has 4 aromatic carbocycles. The van der Waals surface area contributed by atoms with Crippen molar-refractivity contribution in [1.82, 2.24) is 4.57 Å². The molecule has 0 radical (unpaired) electrons. The van der Waals surface area contributed by atoms with Gasteiger partial charge in [-0.3, -0.25) is 9.36 Å². The quantitative estimate of drug-likeness (QED) is 0.0833. The summed E-state index contributed by atoms with van der Waals surface area (Å²) in [6.45, 7) is 0. The van der Waals surface area contributed by atoms with Crippen LogP contribution < -0.4 is 14.5 Å². The van der Waals surface area contributed by atoms with Crippen LogP contribution in [0, 0.1) is 46.2 Å². The molecular formula is C29H13ClF6N2O3S. The topological polar surface area (TPSA) is 64.2 Å². The molecule has 1 heterocycles. The maximum atomic E-state index is 15.4. The van der Waals surface area contributed by atoms with Crippen LogP contribution in [0.2, 0.25) is 5.02 Å². The SMILES string of the molecule is COc1cc(-c2ccc(Cl)c(C#N)c2)c(F)cc1-n1c(=O)ccc2cc(SOc3c(F)c(F)c(F)c(F)c3F)ccc21. The molecule has 42 heavy (non-hydrogen) atoms. The van der Waals surface area contributed by atoms with Crippen LogP contribution in [0.25, 0.3) is 27.7 Å². The summed E-state index contributed by atoms with van der Waals surface area (Å²) in [6, 6.07) is 15.6. The number of fused-ring (bicyclic) bond motifs is 1. The van der Waals surface area contributed by atoms with Gasteiger partial charge in [0.05, 0.1) is 40.9 Å². The zero-order chi connectivity index (χ0) is 30.3. The Morgan fingerprint density at radius 2 is 1.55 bits per heavy atom. The molecule has 0 amide bonds. The van der Waals surface area contributed by atoms with Crippen molar-refractivity contribution in [1.29, 1.82) is 5.26 Å². The van der Waals surface area contributed by atoms with Crippen molar-refractivity contribution in [3.05, 3.63) is 117 Å². The Hall–Kier alpha value is -4.60. The number of nitrogens with zero attached hydrogens (tertiary/aromatic N) is 2. The van der Waals surface area contributed by atoms with Gasteiger partial charge in [0.15, 0.2) is 0 Å². The predicted molar refractivity (Wildman–Crippen MR) is 144 cm³/mol.